The second-order valence-corrected chi connectivity index (χ2v) is 5.59. The third-order valence-corrected chi connectivity index (χ3v) is 3.16. The summed E-state index contributed by atoms with van der Waals surface area (Å²) >= 11 is 0. The zero-order valence-electron chi connectivity index (χ0n) is 10.7. The van der Waals surface area contributed by atoms with Crippen LogP contribution in [-0.4, -0.2) is 16.0 Å². The predicted molar refractivity (Wildman–Crippen MR) is 68.3 cm³/mol. The van der Waals surface area contributed by atoms with Gasteiger partial charge in [0.05, 0.1) is 0 Å². The molecule has 0 bridgehead atoms. The van der Waals surface area contributed by atoms with Crippen LogP contribution in [0.5, 0.6) is 0 Å². The van der Waals surface area contributed by atoms with E-state index in [0.29, 0.717) is 6.42 Å². The Balaban J connectivity index is 3.25. The average Bonchev–Trinajstić information content (AvgIpc) is 2.19. The van der Waals surface area contributed by atoms with E-state index in [4.69, 9.17) is 15.5 Å². The molecule has 0 saturated heterocycles. The Morgan fingerprint density at radius 2 is 1.53 bits per heavy atom. The minimum absolute atomic E-state index is 0.500. The van der Waals surface area contributed by atoms with Gasteiger partial charge >= 0.3 is 7.82 Å². The van der Waals surface area contributed by atoms with E-state index >= 15 is 0 Å². The van der Waals surface area contributed by atoms with Crippen LogP contribution in [0.1, 0.15) is 64.7 Å². The molecule has 0 saturated carbocycles. The van der Waals surface area contributed by atoms with Crippen LogP contribution in [0.3, 0.4) is 0 Å². The molecule has 0 aromatic rings. The van der Waals surface area contributed by atoms with Gasteiger partial charge in [-0.25, -0.2) is 4.57 Å². The van der Waals surface area contributed by atoms with Crippen LogP contribution in [0.4, 0.5) is 0 Å². The number of hydrogen-bond donors (Lipinski definition) is 3. The van der Waals surface area contributed by atoms with Crippen molar-refractivity contribution in [3.8, 4) is 0 Å². The summed E-state index contributed by atoms with van der Waals surface area (Å²) in [6, 6.07) is 0. The first kappa shape index (κ1) is 17.1. The first-order valence-corrected chi connectivity index (χ1v) is 7.98. The summed E-state index contributed by atoms with van der Waals surface area (Å²) in [5.41, 5.74) is 5.43. The van der Waals surface area contributed by atoms with Gasteiger partial charge < -0.3 is 15.5 Å². The minimum atomic E-state index is -4.42. The molecule has 17 heavy (non-hydrogen) atoms. The normalized spacial score (nSPS) is 13.9. The van der Waals surface area contributed by atoms with Gasteiger partial charge in [-0.1, -0.05) is 51.9 Å². The van der Waals surface area contributed by atoms with Gasteiger partial charge in [-0.05, 0) is 12.8 Å². The van der Waals surface area contributed by atoms with Crippen LogP contribution in [0, 0.1) is 0 Å². The summed E-state index contributed by atoms with van der Waals surface area (Å²) in [5, 5.41) is 0. The molecule has 0 amide bonds. The number of phosphoric ester groups is 1. The van der Waals surface area contributed by atoms with Gasteiger partial charge in [-0.3, -0.25) is 4.52 Å². The smallest absolute Gasteiger partial charge is 0.306 e. The lowest BCUT2D eigenvalue weighted by Crippen LogP contribution is -2.22. The molecule has 0 spiro atoms. The summed E-state index contributed by atoms with van der Waals surface area (Å²) in [7, 11) is -4.42. The maximum atomic E-state index is 10.5. The Bertz CT molecular complexity index is 220. The molecule has 0 radical (unpaired) electrons. The molecule has 0 aliphatic heterocycles. The van der Waals surface area contributed by atoms with E-state index in [9.17, 15) is 4.57 Å². The van der Waals surface area contributed by atoms with E-state index < -0.39 is 14.1 Å². The fourth-order valence-electron chi connectivity index (χ4n) is 1.71. The van der Waals surface area contributed by atoms with Crippen LogP contribution < -0.4 is 5.73 Å². The van der Waals surface area contributed by atoms with Crippen molar-refractivity contribution in [3.05, 3.63) is 0 Å². The monoisotopic (exact) mass is 267 g/mol. The van der Waals surface area contributed by atoms with Gasteiger partial charge in [0.2, 0.25) is 0 Å². The second kappa shape index (κ2) is 10.0. The van der Waals surface area contributed by atoms with Crippen LogP contribution in [0.25, 0.3) is 0 Å². The van der Waals surface area contributed by atoms with E-state index in [-0.39, 0.29) is 0 Å². The van der Waals surface area contributed by atoms with E-state index in [1.54, 1.807) is 0 Å². The molecular weight excluding hydrogens is 241 g/mol. The van der Waals surface area contributed by atoms with Crippen molar-refractivity contribution in [2.24, 2.45) is 5.73 Å². The van der Waals surface area contributed by atoms with Crippen molar-refractivity contribution in [1.82, 2.24) is 0 Å². The van der Waals surface area contributed by atoms with E-state index in [0.717, 1.165) is 19.3 Å². The SMILES string of the molecule is CCCCCCCCCCC(N)OP(=O)(O)O. The predicted octanol–water partition coefficient (Wildman–Crippen LogP) is 2.91. The number of hydrogen-bond acceptors (Lipinski definition) is 3. The van der Waals surface area contributed by atoms with Crippen molar-refractivity contribution in [2.45, 2.75) is 70.9 Å². The van der Waals surface area contributed by atoms with Gasteiger partial charge in [-0.15, -0.1) is 0 Å². The molecule has 1 unspecified atom stereocenters. The Morgan fingerprint density at radius 1 is 1.06 bits per heavy atom. The van der Waals surface area contributed by atoms with Crippen molar-refractivity contribution < 1.29 is 18.9 Å². The molecule has 104 valence electrons. The summed E-state index contributed by atoms with van der Waals surface area (Å²) in [6.07, 6.45) is 9.09. The van der Waals surface area contributed by atoms with Crippen molar-refractivity contribution in [3.63, 3.8) is 0 Å². The molecule has 0 fully saturated rings. The zero-order valence-corrected chi connectivity index (χ0v) is 11.6. The van der Waals surface area contributed by atoms with E-state index in [2.05, 4.69) is 11.4 Å². The highest BCUT2D eigenvalue weighted by Crippen LogP contribution is 2.37. The van der Waals surface area contributed by atoms with Crippen LogP contribution in [0.15, 0.2) is 0 Å². The molecule has 0 aliphatic carbocycles. The van der Waals surface area contributed by atoms with Crippen LogP contribution in [-0.2, 0) is 9.09 Å². The summed E-state index contributed by atoms with van der Waals surface area (Å²) in [6.45, 7) is 2.20. The standard InChI is InChI=1S/C11H26NO4P/c1-2-3-4-5-6-7-8-9-10-11(12)16-17(13,14)15/h11H,2-10,12H2,1H3,(H2,13,14,15). The van der Waals surface area contributed by atoms with Crippen LogP contribution in [0.2, 0.25) is 0 Å². The molecule has 0 aliphatic rings. The van der Waals surface area contributed by atoms with Crippen molar-refractivity contribution >= 4 is 7.82 Å². The van der Waals surface area contributed by atoms with E-state index in [1.807, 2.05) is 0 Å². The quantitative estimate of drug-likeness (QED) is 0.304. The zero-order chi connectivity index (χ0) is 13.1. The lowest BCUT2D eigenvalue weighted by atomic mass is 10.1. The molecule has 4 N–H and O–H groups in total. The Kier molecular flexibility index (Phi) is 10.1. The molecule has 1 atom stereocenters. The topological polar surface area (TPSA) is 92.8 Å². The largest absolute Gasteiger partial charge is 0.471 e. The number of unbranched alkanes of at least 4 members (excludes halogenated alkanes) is 7. The highest BCUT2D eigenvalue weighted by atomic mass is 31.2. The van der Waals surface area contributed by atoms with Gasteiger partial charge in [0, 0.05) is 0 Å². The molecule has 0 aromatic carbocycles. The summed E-state index contributed by atoms with van der Waals surface area (Å²) in [5.74, 6) is 0. The van der Waals surface area contributed by atoms with Crippen molar-refractivity contribution in [2.75, 3.05) is 0 Å². The molecule has 0 rings (SSSR count). The van der Waals surface area contributed by atoms with Gasteiger partial charge in [0.15, 0.2) is 0 Å². The average molecular weight is 267 g/mol. The molecule has 6 heteroatoms. The lowest BCUT2D eigenvalue weighted by Gasteiger charge is -2.12. The summed E-state index contributed by atoms with van der Waals surface area (Å²) < 4.78 is 14.8. The fourth-order valence-corrected chi connectivity index (χ4v) is 2.17. The fraction of sp³-hybridized carbons (Fsp3) is 1.00. The third-order valence-electron chi connectivity index (χ3n) is 2.61. The molecule has 5 nitrogen and oxygen atoms in total. The molecule has 0 heterocycles. The van der Waals surface area contributed by atoms with E-state index in [1.165, 1.54) is 32.1 Å². The first-order chi connectivity index (χ1) is 7.95. The Labute approximate surface area is 104 Å². The molecular formula is C11H26NO4P. The third kappa shape index (κ3) is 14.0. The summed E-state index contributed by atoms with van der Waals surface area (Å²) in [4.78, 5) is 17.0. The Morgan fingerprint density at radius 3 is 2.00 bits per heavy atom. The van der Waals surface area contributed by atoms with Gasteiger partial charge in [0.25, 0.3) is 0 Å². The first-order valence-electron chi connectivity index (χ1n) is 6.45. The number of nitrogens with two attached hydrogens (primary N) is 1. The second-order valence-electron chi connectivity index (χ2n) is 4.40. The maximum Gasteiger partial charge on any atom is 0.471 e. The number of rotatable bonds is 11. The lowest BCUT2D eigenvalue weighted by molar-refractivity contribution is 0.129. The Hall–Kier alpha value is 0.0700. The minimum Gasteiger partial charge on any atom is -0.306 e. The number of phosphoric acid groups is 1. The molecule has 0 aromatic heterocycles. The van der Waals surface area contributed by atoms with Crippen molar-refractivity contribution in [1.29, 1.82) is 0 Å². The highest BCUT2D eigenvalue weighted by Gasteiger charge is 2.18. The van der Waals surface area contributed by atoms with Gasteiger partial charge in [-0.2, -0.15) is 0 Å². The van der Waals surface area contributed by atoms with Crippen LogP contribution >= 0.6 is 7.82 Å². The maximum absolute atomic E-state index is 10.5. The van der Waals surface area contributed by atoms with Gasteiger partial charge in [0.1, 0.15) is 6.23 Å². The highest BCUT2D eigenvalue weighted by molar-refractivity contribution is 7.46.